The van der Waals surface area contributed by atoms with Gasteiger partial charge in [-0.25, -0.2) is 0 Å². The molecule has 78 valence electrons. The minimum atomic E-state index is -0.733. The standard InChI is InChI=1S/C11H16O3/c1-11(7-3-2-4-8-12)9(13)5-6-10(11)14/h8H,2-7H2,1H3. The van der Waals surface area contributed by atoms with Gasteiger partial charge in [0.25, 0.3) is 0 Å². The van der Waals surface area contributed by atoms with Gasteiger partial charge in [0, 0.05) is 19.3 Å². The molecular formula is C11H16O3. The number of carbonyl (C=O) groups is 3. The van der Waals surface area contributed by atoms with Crippen LogP contribution in [0.3, 0.4) is 0 Å². The van der Waals surface area contributed by atoms with E-state index in [4.69, 9.17) is 0 Å². The average Bonchev–Trinajstić information content (AvgIpc) is 2.42. The molecule has 14 heavy (non-hydrogen) atoms. The lowest BCUT2D eigenvalue weighted by molar-refractivity contribution is -0.134. The molecule has 0 N–H and O–H groups in total. The summed E-state index contributed by atoms with van der Waals surface area (Å²) in [5, 5.41) is 0. The largest absolute Gasteiger partial charge is 0.303 e. The summed E-state index contributed by atoms with van der Waals surface area (Å²) in [5.74, 6) is 0.155. The quantitative estimate of drug-likeness (QED) is 0.382. The Morgan fingerprint density at radius 2 is 1.79 bits per heavy atom. The number of unbranched alkanes of at least 4 members (excludes halogenated alkanes) is 2. The maximum absolute atomic E-state index is 11.5. The van der Waals surface area contributed by atoms with Gasteiger partial charge in [0.05, 0.1) is 5.41 Å². The fourth-order valence-corrected chi connectivity index (χ4v) is 1.92. The van der Waals surface area contributed by atoms with E-state index in [1.54, 1.807) is 6.92 Å². The number of rotatable bonds is 5. The van der Waals surface area contributed by atoms with Crippen molar-refractivity contribution in [2.75, 3.05) is 0 Å². The van der Waals surface area contributed by atoms with E-state index in [1.807, 2.05) is 0 Å². The normalized spacial score (nSPS) is 20.1. The Morgan fingerprint density at radius 3 is 2.29 bits per heavy atom. The van der Waals surface area contributed by atoms with E-state index in [0.29, 0.717) is 25.7 Å². The SMILES string of the molecule is CC1(CCCCC=O)C(=O)CCC1=O. The smallest absolute Gasteiger partial charge is 0.146 e. The summed E-state index contributed by atoms with van der Waals surface area (Å²) in [7, 11) is 0. The summed E-state index contributed by atoms with van der Waals surface area (Å²) in [5.41, 5.74) is -0.733. The lowest BCUT2D eigenvalue weighted by atomic mass is 9.81. The molecule has 0 saturated heterocycles. The number of carbonyl (C=O) groups excluding carboxylic acids is 3. The first-order valence-electron chi connectivity index (χ1n) is 5.11. The number of ketones is 2. The zero-order valence-corrected chi connectivity index (χ0v) is 8.54. The third-order valence-corrected chi connectivity index (χ3v) is 3.06. The van der Waals surface area contributed by atoms with Gasteiger partial charge in [0.1, 0.15) is 17.9 Å². The molecular weight excluding hydrogens is 180 g/mol. The minimum Gasteiger partial charge on any atom is -0.303 e. The summed E-state index contributed by atoms with van der Waals surface area (Å²) >= 11 is 0. The molecule has 0 atom stereocenters. The Hall–Kier alpha value is -0.990. The molecule has 1 saturated carbocycles. The van der Waals surface area contributed by atoms with Crippen molar-refractivity contribution in [1.82, 2.24) is 0 Å². The predicted octanol–water partition coefficient (Wildman–Crippen LogP) is 1.68. The molecule has 0 aromatic rings. The average molecular weight is 196 g/mol. The van der Waals surface area contributed by atoms with Gasteiger partial charge in [0.15, 0.2) is 0 Å². The molecule has 0 aliphatic heterocycles. The number of hydrogen-bond acceptors (Lipinski definition) is 3. The summed E-state index contributed by atoms with van der Waals surface area (Å²) in [4.78, 5) is 33.0. The summed E-state index contributed by atoms with van der Waals surface area (Å²) in [6.07, 6.45) is 4.38. The highest BCUT2D eigenvalue weighted by Gasteiger charge is 2.44. The van der Waals surface area contributed by atoms with Gasteiger partial charge in [-0.1, -0.05) is 6.42 Å². The Labute approximate surface area is 83.9 Å². The fraction of sp³-hybridized carbons (Fsp3) is 0.727. The van der Waals surface area contributed by atoms with E-state index in [1.165, 1.54) is 0 Å². The van der Waals surface area contributed by atoms with Crippen LogP contribution in [0.25, 0.3) is 0 Å². The highest BCUT2D eigenvalue weighted by molar-refractivity contribution is 6.12. The van der Waals surface area contributed by atoms with Crippen molar-refractivity contribution in [3.63, 3.8) is 0 Å². The molecule has 0 bridgehead atoms. The third kappa shape index (κ3) is 2.08. The molecule has 0 aromatic heterocycles. The molecule has 3 heteroatoms. The topological polar surface area (TPSA) is 51.2 Å². The first-order chi connectivity index (χ1) is 6.61. The van der Waals surface area contributed by atoms with E-state index in [0.717, 1.165) is 19.1 Å². The molecule has 0 aromatic carbocycles. The monoisotopic (exact) mass is 196 g/mol. The first-order valence-corrected chi connectivity index (χ1v) is 5.11. The zero-order valence-electron chi connectivity index (χ0n) is 8.54. The number of hydrogen-bond donors (Lipinski definition) is 0. The molecule has 0 heterocycles. The highest BCUT2D eigenvalue weighted by atomic mass is 16.2. The summed E-state index contributed by atoms with van der Waals surface area (Å²) in [6, 6.07) is 0. The highest BCUT2D eigenvalue weighted by Crippen LogP contribution is 2.35. The van der Waals surface area contributed by atoms with Crippen LogP contribution in [0.1, 0.15) is 45.4 Å². The Kier molecular flexibility index (Phi) is 3.55. The lowest BCUT2D eigenvalue weighted by Gasteiger charge is -2.19. The second kappa shape index (κ2) is 4.49. The van der Waals surface area contributed by atoms with Gasteiger partial charge >= 0.3 is 0 Å². The second-order valence-corrected chi connectivity index (χ2v) is 4.09. The third-order valence-electron chi connectivity index (χ3n) is 3.06. The van der Waals surface area contributed by atoms with Gasteiger partial charge in [0.2, 0.25) is 0 Å². The van der Waals surface area contributed by atoms with Gasteiger partial charge in [-0.15, -0.1) is 0 Å². The van der Waals surface area contributed by atoms with Crippen LogP contribution in [0.4, 0.5) is 0 Å². The molecule has 3 nitrogen and oxygen atoms in total. The number of aldehydes is 1. The van der Waals surface area contributed by atoms with Crippen LogP contribution < -0.4 is 0 Å². The van der Waals surface area contributed by atoms with Crippen molar-refractivity contribution >= 4 is 17.9 Å². The first kappa shape index (κ1) is 11.1. The molecule has 1 aliphatic carbocycles. The second-order valence-electron chi connectivity index (χ2n) is 4.09. The van der Waals surface area contributed by atoms with Crippen molar-refractivity contribution in [2.24, 2.45) is 5.41 Å². The van der Waals surface area contributed by atoms with E-state index >= 15 is 0 Å². The van der Waals surface area contributed by atoms with Crippen molar-refractivity contribution in [3.8, 4) is 0 Å². The van der Waals surface area contributed by atoms with Crippen LogP contribution in [-0.2, 0) is 14.4 Å². The zero-order chi connectivity index (χ0) is 10.6. The Bertz CT molecular complexity index is 239. The Balaban J connectivity index is 2.44. The van der Waals surface area contributed by atoms with Crippen molar-refractivity contribution in [1.29, 1.82) is 0 Å². The van der Waals surface area contributed by atoms with Crippen molar-refractivity contribution < 1.29 is 14.4 Å². The van der Waals surface area contributed by atoms with E-state index < -0.39 is 5.41 Å². The van der Waals surface area contributed by atoms with Crippen LogP contribution in [0, 0.1) is 5.41 Å². The van der Waals surface area contributed by atoms with Crippen LogP contribution in [0.5, 0.6) is 0 Å². The molecule has 0 amide bonds. The van der Waals surface area contributed by atoms with E-state index in [-0.39, 0.29) is 11.6 Å². The lowest BCUT2D eigenvalue weighted by Crippen LogP contribution is -2.28. The summed E-state index contributed by atoms with van der Waals surface area (Å²) in [6.45, 7) is 1.74. The van der Waals surface area contributed by atoms with Gasteiger partial charge in [-0.3, -0.25) is 9.59 Å². The van der Waals surface area contributed by atoms with Crippen molar-refractivity contribution in [2.45, 2.75) is 45.4 Å². The number of Topliss-reactive ketones (excluding diaryl/α,β-unsaturated/α-hetero) is 2. The molecule has 0 radical (unpaired) electrons. The minimum absolute atomic E-state index is 0.0774. The molecule has 0 spiro atoms. The van der Waals surface area contributed by atoms with Crippen LogP contribution in [-0.4, -0.2) is 17.9 Å². The van der Waals surface area contributed by atoms with E-state index in [9.17, 15) is 14.4 Å². The molecule has 1 rings (SSSR count). The maximum Gasteiger partial charge on any atom is 0.146 e. The van der Waals surface area contributed by atoms with Gasteiger partial charge < -0.3 is 4.79 Å². The van der Waals surface area contributed by atoms with Crippen LogP contribution in [0.2, 0.25) is 0 Å². The summed E-state index contributed by atoms with van der Waals surface area (Å²) < 4.78 is 0. The van der Waals surface area contributed by atoms with Gasteiger partial charge in [-0.05, 0) is 19.8 Å². The van der Waals surface area contributed by atoms with Crippen LogP contribution in [0.15, 0.2) is 0 Å². The van der Waals surface area contributed by atoms with E-state index in [2.05, 4.69) is 0 Å². The fourth-order valence-electron chi connectivity index (χ4n) is 1.92. The van der Waals surface area contributed by atoms with Crippen LogP contribution >= 0.6 is 0 Å². The molecule has 0 unspecified atom stereocenters. The Morgan fingerprint density at radius 1 is 1.21 bits per heavy atom. The van der Waals surface area contributed by atoms with Crippen molar-refractivity contribution in [3.05, 3.63) is 0 Å². The maximum atomic E-state index is 11.5. The molecule has 1 aliphatic rings. The predicted molar refractivity (Wildman–Crippen MR) is 51.9 cm³/mol. The molecule has 1 fully saturated rings. The van der Waals surface area contributed by atoms with Gasteiger partial charge in [-0.2, -0.15) is 0 Å².